The van der Waals surface area contributed by atoms with Gasteiger partial charge in [0.25, 0.3) is 0 Å². The van der Waals surface area contributed by atoms with Crippen LogP contribution in [0.3, 0.4) is 0 Å². The minimum absolute atomic E-state index is 0.205. The average molecular weight is 309 g/mol. The Morgan fingerprint density at radius 3 is 2.30 bits per heavy atom. The van der Waals surface area contributed by atoms with Crippen LogP contribution in [0.2, 0.25) is 5.02 Å². The Labute approximate surface area is 124 Å². The van der Waals surface area contributed by atoms with Crippen LogP contribution in [0.1, 0.15) is 6.92 Å². The van der Waals surface area contributed by atoms with Crippen LogP contribution in [0.15, 0.2) is 52.3 Å². The second-order valence-electron chi connectivity index (χ2n) is 4.15. The Morgan fingerprint density at radius 2 is 1.75 bits per heavy atom. The van der Waals surface area contributed by atoms with Gasteiger partial charge >= 0.3 is 0 Å². The molecule has 1 unspecified atom stereocenters. The third kappa shape index (κ3) is 3.37. The van der Waals surface area contributed by atoms with Gasteiger partial charge in [0.1, 0.15) is 0 Å². The largest absolute Gasteiger partial charge is 0.397 e. The number of rotatable bonds is 3. The zero-order valence-corrected chi connectivity index (χ0v) is 12.3. The standard InChI is InChI=1S/C14H13ClN2O2S/c1-9(18)17-14-7-6-12(8-13(14)16)20(19)11-4-2-10(15)3-5-11/h2-8H,16H2,1H3,(H,17,18). The van der Waals surface area contributed by atoms with E-state index in [2.05, 4.69) is 5.32 Å². The fourth-order valence-electron chi connectivity index (χ4n) is 1.65. The topological polar surface area (TPSA) is 72.2 Å². The lowest BCUT2D eigenvalue weighted by Crippen LogP contribution is -2.08. The number of hydrogen-bond donors (Lipinski definition) is 2. The van der Waals surface area contributed by atoms with Crippen molar-refractivity contribution in [2.45, 2.75) is 16.7 Å². The Bertz CT molecular complexity index is 671. The third-order valence-corrected chi connectivity index (χ3v) is 4.21. The Balaban J connectivity index is 2.29. The summed E-state index contributed by atoms with van der Waals surface area (Å²) in [7, 11) is -1.34. The SMILES string of the molecule is CC(=O)Nc1ccc(S(=O)c2ccc(Cl)cc2)cc1N. The van der Waals surface area contributed by atoms with Crippen LogP contribution < -0.4 is 11.1 Å². The maximum atomic E-state index is 12.4. The molecule has 2 rings (SSSR count). The molecule has 0 saturated heterocycles. The van der Waals surface area contributed by atoms with E-state index in [1.165, 1.54) is 6.92 Å². The summed E-state index contributed by atoms with van der Waals surface area (Å²) in [5.74, 6) is -0.205. The molecule has 3 N–H and O–H groups in total. The van der Waals surface area contributed by atoms with Gasteiger partial charge in [-0.25, -0.2) is 4.21 Å². The fraction of sp³-hybridized carbons (Fsp3) is 0.0714. The predicted molar refractivity (Wildman–Crippen MR) is 81.3 cm³/mol. The van der Waals surface area contributed by atoms with Crippen LogP contribution in [-0.2, 0) is 15.6 Å². The quantitative estimate of drug-likeness (QED) is 0.856. The molecule has 0 aliphatic rings. The molecule has 104 valence electrons. The lowest BCUT2D eigenvalue weighted by molar-refractivity contribution is -0.114. The van der Waals surface area contributed by atoms with Gasteiger partial charge < -0.3 is 11.1 Å². The molecule has 0 aliphatic carbocycles. The molecule has 0 spiro atoms. The molecule has 0 aromatic heterocycles. The number of halogens is 1. The van der Waals surface area contributed by atoms with Gasteiger partial charge in [-0.2, -0.15) is 0 Å². The maximum Gasteiger partial charge on any atom is 0.221 e. The summed E-state index contributed by atoms with van der Waals surface area (Å²) >= 11 is 5.80. The summed E-state index contributed by atoms with van der Waals surface area (Å²) < 4.78 is 12.4. The summed E-state index contributed by atoms with van der Waals surface area (Å²) in [6.45, 7) is 1.40. The molecule has 0 radical (unpaired) electrons. The Kier molecular flexibility index (Phi) is 4.42. The molecule has 2 aromatic carbocycles. The van der Waals surface area contributed by atoms with Gasteiger partial charge in [0.2, 0.25) is 5.91 Å². The third-order valence-electron chi connectivity index (χ3n) is 2.58. The molecule has 20 heavy (non-hydrogen) atoms. The van der Waals surface area contributed by atoms with Crippen LogP contribution in [0, 0.1) is 0 Å². The zero-order valence-electron chi connectivity index (χ0n) is 10.7. The van der Waals surface area contributed by atoms with E-state index in [9.17, 15) is 9.00 Å². The highest BCUT2D eigenvalue weighted by atomic mass is 35.5. The van der Waals surface area contributed by atoms with Crippen LogP contribution in [-0.4, -0.2) is 10.1 Å². The number of nitrogen functional groups attached to an aromatic ring is 1. The van der Waals surface area contributed by atoms with E-state index in [1.807, 2.05) is 0 Å². The van der Waals surface area contributed by atoms with E-state index < -0.39 is 10.8 Å². The smallest absolute Gasteiger partial charge is 0.221 e. The number of hydrogen-bond acceptors (Lipinski definition) is 3. The number of carbonyl (C=O) groups excluding carboxylic acids is 1. The van der Waals surface area contributed by atoms with Crippen LogP contribution in [0.25, 0.3) is 0 Å². The van der Waals surface area contributed by atoms with Gasteiger partial charge in [0.15, 0.2) is 0 Å². The first-order valence-corrected chi connectivity index (χ1v) is 7.34. The van der Waals surface area contributed by atoms with Crippen LogP contribution in [0.4, 0.5) is 11.4 Å². The molecule has 6 heteroatoms. The first-order valence-electron chi connectivity index (χ1n) is 5.82. The van der Waals surface area contributed by atoms with Crippen molar-refractivity contribution in [2.24, 2.45) is 0 Å². The number of benzene rings is 2. The maximum absolute atomic E-state index is 12.4. The molecule has 0 saturated carbocycles. The Morgan fingerprint density at radius 1 is 1.15 bits per heavy atom. The summed E-state index contributed by atoms with van der Waals surface area (Å²) in [5.41, 5.74) is 6.72. The van der Waals surface area contributed by atoms with E-state index in [4.69, 9.17) is 17.3 Å². The van der Waals surface area contributed by atoms with Crippen molar-refractivity contribution in [3.05, 3.63) is 47.5 Å². The molecule has 0 bridgehead atoms. The van der Waals surface area contributed by atoms with Gasteiger partial charge in [-0.05, 0) is 42.5 Å². The molecule has 0 aliphatic heterocycles. The summed E-state index contributed by atoms with van der Waals surface area (Å²) in [6, 6.07) is 11.7. The molecular formula is C14H13ClN2O2S. The molecule has 4 nitrogen and oxygen atoms in total. The van der Waals surface area contributed by atoms with Gasteiger partial charge in [-0.15, -0.1) is 0 Å². The molecule has 0 heterocycles. The molecule has 0 fully saturated rings. The van der Waals surface area contributed by atoms with Gasteiger partial charge in [-0.1, -0.05) is 11.6 Å². The van der Waals surface area contributed by atoms with Crippen molar-refractivity contribution in [1.82, 2.24) is 0 Å². The van der Waals surface area contributed by atoms with E-state index in [1.54, 1.807) is 42.5 Å². The second-order valence-corrected chi connectivity index (χ2v) is 6.07. The minimum atomic E-state index is -1.34. The molecule has 1 amide bonds. The first-order chi connectivity index (χ1) is 9.47. The van der Waals surface area contributed by atoms with Crippen molar-refractivity contribution in [1.29, 1.82) is 0 Å². The summed E-state index contributed by atoms with van der Waals surface area (Å²) in [6.07, 6.45) is 0. The van der Waals surface area contributed by atoms with Gasteiger partial charge in [-0.3, -0.25) is 4.79 Å². The Hall–Kier alpha value is -1.85. The van der Waals surface area contributed by atoms with Crippen molar-refractivity contribution < 1.29 is 9.00 Å². The van der Waals surface area contributed by atoms with E-state index in [0.717, 1.165) is 0 Å². The zero-order chi connectivity index (χ0) is 14.7. The van der Waals surface area contributed by atoms with Crippen LogP contribution >= 0.6 is 11.6 Å². The molecule has 2 aromatic rings. The van der Waals surface area contributed by atoms with Crippen molar-refractivity contribution in [3.8, 4) is 0 Å². The lowest BCUT2D eigenvalue weighted by Gasteiger charge is -2.08. The summed E-state index contributed by atoms with van der Waals surface area (Å²) in [4.78, 5) is 12.2. The monoisotopic (exact) mass is 308 g/mol. The van der Waals surface area contributed by atoms with Crippen molar-refractivity contribution in [3.63, 3.8) is 0 Å². The first kappa shape index (κ1) is 14.6. The van der Waals surface area contributed by atoms with Crippen molar-refractivity contribution >= 4 is 39.7 Å². The number of nitrogens with one attached hydrogen (secondary N) is 1. The summed E-state index contributed by atoms with van der Waals surface area (Å²) in [5, 5.41) is 3.20. The predicted octanol–water partition coefficient (Wildman–Crippen LogP) is 3.05. The number of anilines is 2. The van der Waals surface area contributed by atoms with Crippen molar-refractivity contribution in [2.75, 3.05) is 11.1 Å². The number of amides is 1. The lowest BCUT2D eigenvalue weighted by atomic mass is 10.2. The van der Waals surface area contributed by atoms with E-state index in [0.29, 0.717) is 26.2 Å². The molecular weight excluding hydrogens is 296 g/mol. The highest BCUT2D eigenvalue weighted by Gasteiger charge is 2.10. The van der Waals surface area contributed by atoms with Gasteiger partial charge in [0.05, 0.1) is 22.2 Å². The minimum Gasteiger partial charge on any atom is -0.397 e. The number of carbonyl (C=O) groups is 1. The second kappa shape index (κ2) is 6.07. The fourth-order valence-corrected chi connectivity index (χ4v) is 2.86. The highest BCUT2D eigenvalue weighted by molar-refractivity contribution is 7.85. The van der Waals surface area contributed by atoms with Crippen LogP contribution in [0.5, 0.6) is 0 Å². The normalized spacial score (nSPS) is 11.9. The highest BCUT2D eigenvalue weighted by Crippen LogP contribution is 2.25. The van der Waals surface area contributed by atoms with E-state index in [-0.39, 0.29) is 5.91 Å². The molecule has 1 atom stereocenters. The average Bonchev–Trinajstić information content (AvgIpc) is 2.41. The number of nitrogens with two attached hydrogens (primary N) is 1. The van der Waals surface area contributed by atoms with Gasteiger partial charge in [0, 0.05) is 21.7 Å². The van der Waals surface area contributed by atoms with E-state index >= 15 is 0 Å².